The molecule has 0 bridgehead atoms. The molecular weight excluding hydrogens is 310 g/mol. The SMILES string of the molecule is CC1(Cn2c(=S)[nH]c3cc(Br)cnc32)CCCC1. The van der Waals surface area contributed by atoms with Gasteiger partial charge in [0.05, 0.1) is 5.52 Å². The van der Waals surface area contributed by atoms with Crippen LogP contribution < -0.4 is 0 Å². The van der Waals surface area contributed by atoms with Crippen LogP contribution in [0.4, 0.5) is 0 Å². The lowest BCUT2D eigenvalue weighted by Crippen LogP contribution is -2.19. The molecule has 2 aromatic heterocycles. The van der Waals surface area contributed by atoms with Gasteiger partial charge >= 0.3 is 0 Å². The first-order valence-electron chi connectivity index (χ1n) is 6.32. The molecule has 96 valence electrons. The average Bonchev–Trinajstić information content (AvgIpc) is 2.85. The van der Waals surface area contributed by atoms with Gasteiger partial charge in [-0.15, -0.1) is 0 Å². The van der Waals surface area contributed by atoms with Gasteiger partial charge in [0.1, 0.15) is 0 Å². The Morgan fingerprint density at radius 3 is 2.94 bits per heavy atom. The van der Waals surface area contributed by atoms with E-state index < -0.39 is 0 Å². The van der Waals surface area contributed by atoms with Gasteiger partial charge < -0.3 is 9.55 Å². The van der Waals surface area contributed by atoms with E-state index in [-0.39, 0.29) is 0 Å². The highest BCUT2D eigenvalue weighted by molar-refractivity contribution is 9.10. The zero-order valence-electron chi connectivity index (χ0n) is 10.4. The molecule has 0 spiro atoms. The molecule has 2 heterocycles. The van der Waals surface area contributed by atoms with Crippen molar-refractivity contribution in [2.45, 2.75) is 39.2 Å². The predicted octanol–water partition coefficient (Wildman–Crippen LogP) is 4.44. The Hall–Kier alpha value is -0.680. The first-order valence-corrected chi connectivity index (χ1v) is 7.52. The van der Waals surface area contributed by atoms with E-state index in [1.807, 2.05) is 12.3 Å². The van der Waals surface area contributed by atoms with Crippen LogP contribution in [0.3, 0.4) is 0 Å². The van der Waals surface area contributed by atoms with Crippen LogP contribution in [0.2, 0.25) is 0 Å². The van der Waals surface area contributed by atoms with Crippen molar-refractivity contribution in [2.24, 2.45) is 5.41 Å². The maximum Gasteiger partial charge on any atom is 0.179 e. The quantitative estimate of drug-likeness (QED) is 0.828. The van der Waals surface area contributed by atoms with Crippen molar-refractivity contribution in [3.05, 3.63) is 21.5 Å². The Balaban J connectivity index is 2.06. The number of hydrogen-bond acceptors (Lipinski definition) is 2. The molecule has 0 aliphatic heterocycles. The number of imidazole rings is 1. The smallest absolute Gasteiger partial charge is 0.179 e. The molecule has 1 N–H and O–H groups in total. The number of rotatable bonds is 2. The summed E-state index contributed by atoms with van der Waals surface area (Å²) >= 11 is 8.87. The molecule has 18 heavy (non-hydrogen) atoms. The summed E-state index contributed by atoms with van der Waals surface area (Å²) in [6, 6.07) is 2.03. The van der Waals surface area contributed by atoms with Gasteiger partial charge in [-0.1, -0.05) is 19.8 Å². The summed E-state index contributed by atoms with van der Waals surface area (Å²) in [5.74, 6) is 0. The molecule has 0 aromatic carbocycles. The van der Waals surface area contributed by atoms with Crippen molar-refractivity contribution in [2.75, 3.05) is 0 Å². The Morgan fingerprint density at radius 2 is 2.22 bits per heavy atom. The van der Waals surface area contributed by atoms with E-state index in [1.165, 1.54) is 25.7 Å². The van der Waals surface area contributed by atoms with Crippen LogP contribution in [0.1, 0.15) is 32.6 Å². The van der Waals surface area contributed by atoms with E-state index in [4.69, 9.17) is 12.2 Å². The van der Waals surface area contributed by atoms with Crippen molar-refractivity contribution < 1.29 is 0 Å². The van der Waals surface area contributed by atoms with Crippen LogP contribution in [0.5, 0.6) is 0 Å². The summed E-state index contributed by atoms with van der Waals surface area (Å²) in [6.45, 7) is 3.33. The largest absolute Gasteiger partial charge is 0.329 e. The fourth-order valence-corrected chi connectivity index (χ4v) is 3.53. The van der Waals surface area contributed by atoms with E-state index in [0.717, 1.165) is 27.0 Å². The summed E-state index contributed by atoms with van der Waals surface area (Å²) in [6.07, 6.45) is 7.09. The minimum atomic E-state index is 0.377. The van der Waals surface area contributed by atoms with E-state index in [1.54, 1.807) is 0 Å². The molecule has 0 atom stereocenters. The van der Waals surface area contributed by atoms with Gasteiger partial charge in [-0.3, -0.25) is 0 Å². The predicted molar refractivity (Wildman–Crippen MR) is 79.2 cm³/mol. The Bertz CT molecular complexity index is 637. The Labute approximate surface area is 120 Å². The number of pyridine rings is 1. The van der Waals surface area contributed by atoms with Crippen LogP contribution in [0.25, 0.3) is 11.2 Å². The van der Waals surface area contributed by atoms with Gasteiger partial charge in [0.2, 0.25) is 0 Å². The van der Waals surface area contributed by atoms with Gasteiger partial charge in [-0.25, -0.2) is 4.98 Å². The van der Waals surface area contributed by atoms with Gasteiger partial charge in [0, 0.05) is 17.2 Å². The third kappa shape index (κ3) is 2.14. The lowest BCUT2D eigenvalue weighted by Gasteiger charge is -2.23. The van der Waals surface area contributed by atoms with Crippen LogP contribution in [0, 0.1) is 10.2 Å². The van der Waals surface area contributed by atoms with Crippen molar-refractivity contribution in [3.8, 4) is 0 Å². The number of hydrogen-bond donors (Lipinski definition) is 1. The second-order valence-electron chi connectivity index (χ2n) is 5.56. The van der Waals surface area contributed by atoms with Crippen molar-refractivity contribution in [1.29, 1.82) is 0 Å². The maximum atomic E-state index is 5.43. The molecule has 3 nitrogen and oxygen atoms in total. The molecule has 0 unspecified atom stereocenters. The maximum absolute atomic E-state index is 5.43. The third-order valence-electron chi connectivity index (χ3n) is 3.93. The van der Waals surface area contributed by atoms with Crippen molar-refractivity contribution in [1.82, 2.24) is 14.5 Å². The molecule has 2 aromatic rings. The molecule has 1 aliphatic rings. The number of H-pyrrole nitrogens is 1. The number of nitrogens with one attached hydrogen (secondary N) is 1. The Kier molecular flexibility index (Phi) is 3.06. The van der Waals surface area contributed by atoms with Gasteiger partial charge in [-0.2, -0.15) is 0 Å². The van der Waals surface area contributed by atoms with E-state index in [2.05, 4.69) is 37.4 Å². The molecule has 0 amide bonds. The Morgan fingerprint density at radius 1 is 1.50 bits per heavy atom. The number of aromatic nitrogens is 3. The lowest BCUT2D eigenvalue weighted by atomic mass is 9.89. The van der Waals surface area contributed by atoms with Crippen LogP contribution >= 0.6 is 28.1 Å². The summed E-state index contributed by atoms with van der Waals surface area (Å²) in [5, 5.41) is 0. The molecule has 0 saturated heterocycles. The first-order chi connectivity index (χ1) is 8.57. The summed E-state index contributed by atoms with van der Waals surface area (Å²) in [4.78, 5) is 7.74. The highest BCUT2D eigenvalue weighted by atomic mass is 79.9. The minimum Gasteiger partial charge on any atom is -0.329 e. The minimum absolute atomic E-state index is 0.377. The second kappa shape index (κ2) is 4.46. The highest BCUT2D eigenvalue weighted by Crippen LogP contribution is 2.39. The fourth-order valence-electron chi connectivity index (χ4n) is 2.93. The number of fused-ring (bicyclic) bond motifs is 1. The molecule has 3 rings (SSSR count). The number of nitrogens with zero attached hydrogens (tertiary/aromatic N) is 2. The van der Waals surface area contributed by atoms with Gasteiger partial charge in [0.25, 0.3) is 0 Å². The standard InChI is InChI=1S/C13H16BrN3S/c1-13(4-2-3-5-13)8-17-11-10(16-12(17)18)6-9(14)7-15-11/h6-7H,2-5,8H2,1H3,(H,16,18). The summed E-state index contributed by atoms with van der Waals surface area (Å²) < 4.78 is 3.91. The zero-order valence-corrected chi connectivity index (χ0v) is 12.8. The van der Waals surface area contributed by atoms with Crippen LogP contribution in [0.15, 0.2) is 16.7 Å². The monoisotopic (exact) mass is 325 g/mol. The summed E-state index contributed by atoms with van der Waals surface area (Å²) in [7, 11) is 0. The van der Waals surface area contributed by atoms with Gasteiger partial charge in [-0.05, 0) is 52.5 Å². The first kappa shape index (κ1) is 12.4. The van der Waals surface area contributed by atoms with Gasteiger partial charge in [0.15, 0.2) is 10.4 Å². The molecule has 0 radical (unpaired) electrons. The van der Waals surface area contributed by atoms with Crippen LogP contribution in [-0.2, 0) is 6.54 Å². The molecule has 1 saturated carbocycles. The topological polar surface area (TPSA) is 33.6 Å². The number of aromatic amines is 1. The second-order valence-corrected chi connectivity index (χ2v) is 6.86. The van der Waals surface area contributed by atoms with Crippen LogP contribution in [-0.4, -0.2) is 14.5 Å². The molecule has 1 aliphatic carbocycles. The fraction of sp³-hybridized carbons (Fsp3) is 0.538. The van der Waals surface area contributed by atoms with E-state index in [0.29, 0.717) is 5.41 Å². The lowest BCUT2D eigenvalue weighted by molar-refractivity contribution is 0.283. The zero-order chi connectivity index (χ0) is 12.8. The molecular formula is C13H16BrN3S. The molecule has 5 heteroatoms. The normalized spacial score (nSPS) is 18.6. The van der Waals surface area contributed by atoms with Crippen molar-refractivity contribution in [3.63, 3.8) is 0 Å². The highest BCUT2D eigenvalue weighted by Gasteiger charge is 2.29. The van der Waals surface area contributed by atoms with Crippen molar-refractivity contribution >= 4 is 39.3 Å². The van der Waals surface area contributed by atoms with E-state index >= 15 is 0 Å². The molecule has 1 fully saturated rings. The summed E-state index contributed by atoms with van der Waals surface area (Å²) in [5.41, 5.74) is 2.36. The van der Waals surface area contributed by atoms with E-state index in [9.17, 15) is 0 Å². The third-order valence-corrected chi connectivity index (χ3v) is 4.68. The number of halogens is 1. The average molecular weight is 326 g/mol.